The number of H-pyrrole nitrogens is 1. The van der Waals surface area contributed by atoms with Gasteiger partial charge in [-0.3, -0.25) is 0 Å². The van der Waals surface area contributed by atoms with E-state index in [1.165, 1.54) is 12.8 Å². The van der Waals surface area contributed by atoms with E-state index in [0.717, 1.165) is 18.0 Å². The summed E-state index contributed by atoms with van der Waals surface area (Å²) in [5.41, 5.74) is 0. The number of aromatic amines is 1. The number of unbranched alkanes of at least 4 members (excludes halogenated alkanes) is 1. The Kier molecular flexibility index (Phi) is 3.36. The molecule has 0 amide bonds. The van der Waals surface area contributed by atoms with Gasteiger partial charge in [0.2, 0.25) is 0 Å². The van der Waals surface area contributed by atoms with Crippen LogP contribution in [-0.4, -0.2) is 15.7 Å². The van der Waals surface area contributed by atoms with Crippen molar-refractivity contribution in [2.45, 2.75) is 19.3 Å². The maximum Gasteiger partial charge on any atom is 0.105 e. The molecular formula is C7H12N2S. The van der Waals surface area contributed by atoms with Crippen molar-refractivity contribution >= 4 is 12.6 Å². The standard InChI is InChI=1S/C7H12N2S/c10-6-2-1-3-7-8-4-5-9-7/h4-5,10H,1-3,6H2,(H,8,9). The third kappa shape index (κ3) is 2.43. The molecule has 0 aromatic carbocycles. The SMILES string of the molecule is SCCCCc1ncc[nH]1. The molecule has 1 aromatic rings. The van der Waals surface area contributed by atoms with Gasteiger partial charge in [0.25, 0.3) is 0 Å². The van der Waals surface area contributed by atoms with Crippen molar-refractivity contribution < 1.29 is 0 Å². The summed E-state index contributed by atoms with van der Waals surface area (Å²) in [6.07, 6.45) is 7.04. The van der Waals surface area contributed by atoms with Crippen molar-refractivity contribution in [1.82, 2.24) is 9.97 Å². The Morgan fingerprint density at radius 2 is 2.40 bits per heavy atom. The van der Waals surface area contributed by atoms with Gasteiger partial charge in [-0.25, -0.2) is 4.98 Å². The predicted molar refractivity (Wildman–Crippen MR) is 45.4 cm³/mol. The van der Waals surface area contributed by atoms with Crippen LogP contribution in [-0.2, 0) is 6.42 Å². The second-order valence-corrected chi connectivity index (χ2v) is 2.66. The summed E-state index contributed by atoms with van der Waals surface area (Å²) in [6.45, 7) is 0. The fourth-order valence-corrected chi connectivity index (χ4v) is 1.06. The number of nitrogens with zero attached hydrogens (tertiary/aromatic N) is 1. The van der Waals surface area contributed by atoms with E-state index >= 15 is 0 Å². The lowest BCUT2D eigenvalue weighted by Crippen LogP contribution is -1.88. The van der Waals surface area contributed by atoms with Crippen molar-refractivity contribution in [3.05, 3.63) is 18.2 Å². The van der Waals surface area contributed by atoms with E-state index in [4.69, 9.17) is 0 Å². The average Bonchev–Trinajstić information content (AvgIpc) is 2.41. The second-order valence-electron chi connectivity index (χ2n) is 2.22. The number of imidazole rings is 1. The number of thiol groups is 1. The smallest absolute Gasteiger partial charge is 0.105 e. The Morgan fingerprint density at radius 3 is 3.00 bits per heavy atom. The highest BCUT2D eigenvalue weighted by molar-refractivity contribution is 7.80. The molecule has 0 spiro atoms. The largest absolute Gasteiger partial charge is 0.349 e. The van der Waals surface area contributed by atoms with E-state index in [-0.39, 0.29) is 0 Å². The molecule has 0 unspecified atom stereocenters. The van der Waals surface area contributed by atoms with E-state index in [1.54, 1.807) is 6.20 Å². The first-order chi connectivity index (χ1) is 4.93. The van der Waals surface area contributed by atoms with Crippen LogP contribution in [0.25, 0.3) is 0 Å². The predicted octanol–water partition coefficient (Wildman–Crippen LogP) is 1.66. The molecule has 56 valence electrons. The van der Waals surface area contributed by atoms with Gasteiger partial charge in [0, 0.05) is 18.8 Å². The Balaban J connectivity index is 2.15. The normalized spacial score (nSPS) is 10.1. The highest BCUT2D eigenvalue weighted by Gasteiger charge is 1.92. The summed E-state index contributed by atoms with van der Waals surface area (Å²) in [7, 11) is 0. The highest BCUT2D eigenvalue weighted by Crippen LogP contribution is 1.98. The van der Waals surface area contributed by atoms with Crippen LogP contribution < -0.4 is 0 Å². The molecule has 0 radical (unpaired) electrons. The monoisotopic (exact) mass is 156 g/mol. The zero-order valence-electron chi connectivity index (χ0n) is 5.88. The van der Waals surface area contributed by atoms with Crippen LogP contribution in [0, 0.1) is 0 Å². The first-order valence-corrected chi connectivity index (χ1v) is 4.16. The zero-order chi connectivity index (χ0) is 7.23. The summed E-state index contributed by atoms with van der Waals surface area (Å²) < 4.78 is 0. The lowest BCUT2D eigenvalue weighted by Gasteiger charge is -1.93. The first-order valence-electron chi connectivity index (χ1n) is 3.52. The molecule has 3 heteroatoms. The summed E-state index contributed by atoms with van der Waals surface area (Å²) in [5, 5.41) is 0. The summed E-state index contributed by atoms with van der Waals surface area (Å²) in [4.78, 5) is 7.17. The highest BCUT2D eigenvalue weighted by atomic mass is 32.1. The van der Waals surface area contributed by atoms with Gasteiger partial charge in [0.05, 0.1) is 0 Å². The number of rotatable bonds is 4. The van der Waals surface area contributed by atoms with E-state index in [0.29, 0.717) is 0 Å². The van der Waals surface area contributed by atoms with Gasteiger partial charge >= 0.3 is 0 Å². The molecule has 1 aromatic heterocycles. The second kappa shape index (κ2) is 4.39. The lowest BCUT2D eigenvalue weighted by molar-refractivity contribution is 0.769. The third-order valence-corrected chi connectivity index (χ3v) is 1.69. The molecule has 0 fully saturated rings. The zero-order valence-corrected chi connectivity index (χ0v) is 6.77. The van der Waals surface area contributed by atoms with Gasteiger partial charge < -0.3 is 4.98 Å². The Hall–Kier alpha value is -0.440. The van der Waals surface area contributed by atoms with Crippen LogP contribution in [0.15, 0.2) is 12.4 Å². The minimum Gasteiger partial charge on any atom is -0.349 e. The maximum atomic E-state index is 4.12. The molecule has 0 aliphatic rings. The molecule has 0 saturated carbocycles. The minimum absolute atomic E-state index is 0.973. The van der Waals surface area contributed by atoms with Crippen molar-refractivity contribution in [3.8, 4) is 0 Å². The van der Waals surface area contributed by atoms with Crippen molar-refractivity contribution in [2.75, 3.05) is 5.75 Å². The Morgan fingerprint density at radius 1 is 1.50 bits per heavy atom. The van der Waals surface area contributed by atoms with Crippen LogP contribution in [0.1, 0.15) is 18.7 Å². The Labute approximate surface area is 66.5 Å². The fraction of sp³-hybridized carbons (Fsp3) is 0.571. The van der Waals surface area contributed by atoms with Crippen LogP contribution in [0.2, 0.25) is 0 Å². The van der Waals surface area contributed by atoms with Gasteiger partial charge in [-0.15, -0.1) is 0 Å². The quantitative estimate of drug-likeness (QED) is 0.504. The lowest BCUT2D eigenvalue weighted by atomic mass is 10.2. The minimum atomic E-state index is 0.973. The van der Waals surface area contributed by atoms with Crippen LogP contribution >= 0.6 is 12.6 Å². The molecule has 0 bridgehead atoms. The topological polar surface area (TPSA) is 28.7 Å². The summed E-state index contributed by atoms with van der Waals surface area (Å²) in [5.74, 6) is 2.06. The van der Waals surface area contributed by atoms with Crippen molar-refractivity contribution in [2.24, 2.45) is 0 Å². The van der Waals surface area contributed by atoms with E-state index in [2.05, 4.69) is 22.6 Å². The number of hydrogen-bond donors (Lipinski definition) is 2. The molecule has 1 N–H and O–H groups in total. The molecule has 0 aliphatic heterocycles. The van der Waals surface area contributed by atoms with Gasteiger partial charge in [0.15, 0.2) is 0 Å². The first kappa shape index (κ1) is 7.66. The number of aromatic nitrogens is 2. The van der Waals surface area contributed by atoms with E-state index in [1.807, 2.05) is 6.20 Å². The molecule has 0 aliphatic carbocycles. The van der Waals surface area contributed by atoms with Crippen LogP contribution in [0.4, 0.5) is 0 Å². The fourth-order valence-electron chi connectivity index (χ4n) is 0.839. The van der Waals surface area contributed by atoms with Gasteiger partial charge in [-0.1, -0.05) is 0 Å². The van der Waals surface area contributed by atoms with Crippen molar-refractivity contribution in [3.63, 3.8) is 0 Å². The molecule has 10 heavy (non-hydrogen) atoms. The van der Waals surface area contributed by atoms with E-state index in [9.17, 15) is 0 Å². The molecule has 0 atom stereocenters. The summed E-state index contributed by atoms with van der Waals surface area (Å²) in [6, 6.07) is 0. The molecule has 2 nitrogen and oxygen atoms in total. The Bertz CT molecular complexity index is 160. The maximum absolute atomic E-state index is 4.12. The summed E-state index contributed by atoms with van der Waals surface area (Å²) >= 11 is 4.12. The van der Waals surface area contributed by atoms with Gasteiger partial charge in [0.1, 0.15) is 5.82 Å². The average molecular weight is 156 g/mol. The molecule has 0 saturated heterocycles. The third-order valence-electron chi connectivity index (χ3n) is 1.38. The van der Waals surface area contributed by atoms with Crippen molar-refractivity contribution in [1.29, 1.82) is 0 Å². The van der Waals surface area contributed by atoms with Gasteiger partial charge in [-0.05, 0) is 18.6 Å². The van der Waals surface area contributed by atoms with Gasteiger partial charge in [-0.2, -0.15) is 12.6 Å². The van der Waals surface area contributed by atoms with Crippen LogP contribution in [0.3, 0.4) is 0 Å². The van der Waals surface area contributed by atoms with Crippen LogP contribution in [0.5, 0.6) is 0 Å². The molecule has 1 rings (SSSR count). The number of hydrogen-bond acceptors (Lipinski definition) is 2. The number of nitrogens with one attached hydrogen (secondary N) is 1. The van der Waals surface area contributed by atoms with E-state index < -0.39 is 0 Å². The molecular weight excluding hydrogens is 144 g/mol. The number of aryl methyl sites for hydroxylation is 1. The molecule has 1 heterocycles.